The van der Waals surface area contributed by atoms with E-state index in [1.807, 2.05) is 18.2 Å². The highest BCUT2D eigenvalue weighted by Crippen LogP contribution is 2.26. The summed E-state index contributed by atoms with van der Waals surface area (Å²) in [4.78, 5) is 16.3. The SMILES string of the molecule is O=C(Nc1ccc2c(c1)CN(S(=O)(=O)N1CCOCC1)CC2)c1ccncc1. The van der Waals surface area contributed by atoms with E-state index < -0.39 is 10.2 Å². The van der Waals surface area contributed by atoms with Gasteiger partial charge in [-0.1, -0.05) is 6.07 Å². The molecule has 1 aromatic carbocycles. The monoisotopic (exact) mass is 402 g/mol. The van der Waals surface area contributed by atoms with Crippen molar-refractivity contribution in [3.05, 3.63) is 59.4 Å². The fourth-order valence-electron chi connectivity index (χ4n) is 3.45. The predicted molar refractivity (Wildman–Crippen MR) is 104 cm³/mol. The number of carbonyl (C=O) groups is 1. The smallest absolute Gasteiger partial charge is 0.282 e. The summed E-state index contributed by atoms with van der Waals surface area (Å²) in [5.74, 6) is -0.226. The molecule has 2 aliphatic rings. The molecule has 28 heavy (non-hydrogen) atoms. The molecule has 1 saturated heterocycles. The highest BCUT2D eigenvalue weighted by molar-refractivity contribution is 7.86. The van der Waals surface area contributed by atoms with Crippen LogP contribution in [0.25, 0.3) is 0 Å². The van der Waals surface area contributed by atoms with Crippen LogP contribution in [0.3, 0.4) is 0 Å². The molecule has 0 saturated carbocycles. The molecule has 3 heterocycles. The van der Waals surface area contributed by atoms with Crippen LogP contribution in [0, 0.1) is 0 Å². The third-order valence-corrected chi connectivity index (χ3v) is 6.99. The molecule has 0 radical (unpaired) electrons. The molecule has 0 bridgehead atoms. The summed E-state index contributed by atoms with van der Waals surface area (Å²) in [5.41, 5.74) is 3.18. The maximum absolute atomic E-state index is 12.9. The van der Waals surface area contributed by atoms with E-state index in [9.17, 15) is 13.2 Å². The zero-order chi connectivity index (χ0) is 19.6. The average molecular weight is 402 g/mol. The van der Waals surface area contributed by atoms with Crippen molar-refractivity contribution in [1.29, 1.82) is 0 Å². The van der Waals surface area contributed by atoms with E-state index >= 15 is 0 Å². The molecule has 1 fully saturated rings. The molecular formula is C19H22N4O4S. The molecule has 0 aliphatic carbocycles. The minimum absolute atomic E-state index is 0.226. The van der Waals surface area contributed by atoms with Crippen LogP contribution < -0.4 is 5.32 Å². The summed E-state index contributed by atoms with van der Waals surface area (Å²) in [6, 6.07) is 8.95. The second-order valence-electron chi connectivity index (χ2n) is 6.78. The van der Waals surface area contributed by atoms with Crippen molar-refractivity contribution in [3.8, 4) is 0 Å². The summed E-state index contributed by atoms with van der Waals surface area (Å²) in [6.07, 6.45) is 3.78. The van der Waals surface area contributed by atoms with Crippen LogP contribution in [0.1, 0.15) is 21.5 Å². The third kappa shape index (κ3) is 3.93. The van der Waals surface area contributed by atoms with Gasteiger partial charge in [-0.05, 0) is 41.8 Å². The highest BCUT2D eigenvalue weighted by Gasteiger charge is 2.33. The van der Waals surface area contributed by atoms with Gasteiger partial charge in [0.2, 0.25) is 0 Å². The summed E-state index contributed by atoms with van der Waals surface area (Å²) < 4.78 is 34.1. The van der Waals surface area contributed by atoms with Gasteiger partial charge in [-0.15, -0.1) is 0 Å². The fourth-order valence-corrected chi connectivity index (χ4v) is 5.01. The molecular weight excluding hydrogens is 380 g/mol. The maximum atomic E-state index is 12.9. The van der Waals surface area contributed by atoms with Crippen molar-refractivity contribution >= 4 is 21.8 Å². The number of anilines is 1. The molecule has 4 rings (SSSR count). The molecule has 2 aliphatic heterocycles. The summed E-state index contributed by atoms with van der Waals surface area (Å²) >= 11 is 0. The largest absolute Gasteiger partial charge is 0.379 e. The van der Waals surface area contributed by atoms with Gasteiger partial charge >= 0.3 is 0 Å². The quantitative estimate of drug-likeness (QED) is 0.832. The maximum Gasteiger partial charge on any atom is 0.282 e. The number of ether oxygens (including phenoxy) is 1. The number of hydrogen-bond acceptors (Lipinski definition) is 5. The van der Waals surface area contributed by atoms with Crippen molar-refractivity contribution < 1.29 is 17.9 Å². The lowest BCUT2D eigenvalue weighted by atomic mass is 10.0. The van der Waals surface area contributed by atoms with Crippen LogP contribution >= 0.6 is 0 Å². The number of pyridine rings is 1. The molecule has 0 spiro atoms. The van der Waals surface area contributed by atoms with Crippen LogP contribution in [0.5, 0.6) is 0 Å². The number of carbonyl (C=O) groups excluding carboxylic acids is 1. The van der Waals surface area contributed by atoms with E-state index in [1.165, 1.54) is 8.61 Å². The molecule has 1 aromatic heterocycles. The first-order chi connectivity index (χ1) is 13.5. The van der Waals surface area contributed by atoms with E-state index in [-0.39, 0.29) is 5.91 Å². The Morgan fingerprint density at radius 3 is 2.50 bits per heavy atom. The summed E-state index contributed by atoms with van der Waals surface area (Å²) in [7, 11) is -3.51. The first kappa shape index (κ1) is 19.0. The van der Waals surface area contributed by atoms with E-state index in [2.05, 4.69) is 10.3 Å². The van der Waals surface area contributed by atoms with Gasteiger partial charge in [0, 0.05) is 49.8 Å². The summed E-state index contributed by atoms with van der Waals surface area (Å²) in [5, 5.41) is 2.86. The Kier molecular flexibility index (Phi) is 5.40. The van der Waals surface area contributed by atoms with Gasteiger partial charge in [0.1, 0.15) is 0 Å². The second-order valence-corrected chi connectivity index (χ2v) is 8.70. The van der Waals surface area contributed by atoms with Gasteiger partial charge in [0.05, 0.1) is 13.2 Å². The van der Waals surface area contributed by atoms with Gasteiger partial charge in [-0.2, -0.15) is 17.0 Å². The highest BCUT2D eigenvalue weighted by atomic mass is 32.2. The zero-order valence-corrected chi connectivity index (χ0v) is 16.2. The molecule has 8 nitrogen and oxygen atoms in total. The fraction of sp³-hybridized carbons (Fsp3) is 0.368. The average Bonchev–Trinajstić information content (AvgIpc) is 2.74. The molecule has 0 atom stereocenters. The van der Waals surface area contributed by atoms with Gasteiger partial charge in [-0.3, -0.25) is 9.78 Å². The number of nitrogens with zero attached hydrogens (tertiary/aromatic N) is 3. The topological polar surface area (TPSA) is 91.8 Å². The minimum atomic E-state index is -3.51. The zero-order valence-electron chi connectivity index (χ0n) is 15.4. The lowest BCUT2D eigenvalue weighted by Crippen LogP contribution is -2.49. The molecule has 1 N–H and O–H groups in total. The number of fused-ring (bicyclic) bond motifs is 1. The van der Waals surface area contributed by atoms with Gasteiger partial charge in [0.15, 0.2) is 0 Å². The Morgan fingerprint density at radius 2 is 1.75 bits per heavy atom. The van der Waals surface area contributed by atoms with Crippen LogP contribution in [-0.2, 0) is 27.9 Å². The number of hydrogen-bond donors (Lipinski definition) is 1. The number of nitrogens with one attached hydrogen (secondary N) is 1. The predicted octanol–water partition coefficient (Wildman–Crippen LogP) is 1.27. The van der Waals surface area contributed by atoms with Crippen LogP contribution in [0.4, 0.5) is 5.69 Å². The first-order valence-electron chi connectivity index (χ1n) is 9.20. The molecule has 148 valence electrons. The standard InChI is InChI=1S/C19H22N4O4S/c24-19(16-3-6-20-7-4-16)21-18-2-1-15-5-8-23(14-17(15)13-18)28(25,26)22-9-11-27-12-10-22/h1-4,6-7,13H,5,8-12,14H2,(H,21,24). The van der Waals surface area contributed by atoms with Gasteiger partial charge < -0.3 is 10.1 Å². The number of morpholine rings is 1. The molecule has 0 unspecified atom stereocenters. The van der Waals surface area contributed by atoms with Crippen molar-refractivity contribution in [2.75, 3.05) is 38.2 Å². The Bertz CT molecular complexity index is 959. The van der Waals surface area contributed by atoms with Crippen molar-refractivity contribution in [3.63, 3.8) is 0 Å². The number of aromatic nitrogens is 1. The first-order valence-corrected chi connectivity index (χ1v) is 10.6. The lowest BCUT2D eigenvalue weighted by molar-refractivity contribution is 0.0699. The van der Waals surface area contributed by atoms with E-state index in [1.54, 1.807) is 24.5 Å². The Labute approximate surface area is 164 Å². The molecule has 2 aromatic rings. The molecule has 1 amide bonds. The third-order valence-electron chi connectivity index (χ3n) is 5.01. The minimum Gasteiger partial charge on any atom is -0.379 e. The van der Waals surface area contributed by atoms with Crippen LogP contribution in [0.15, 0.2) is 42.7 Å². The van der Waals surface area contributed by atoms with Crippen molar-refractivity contribution in [2.45, 2.75) is 13.0 Å². The number of benzene rings is 1. The van der Waals surface area contributed by atoms with Crippen molar-refractivity contribution in [1.82, 2.24) is 13.6 Å². The lowest BCUT2D eigenvalue weighted by Gasteiger charge is -2.34. The van der Waals surface area contributed by atoms with Gasteiger partial charge in [0.25, 0.3) is 16.1 Å². The number of amides is 1. The van der Waals surface area contributed by atoms with Gasteiger partial charge in [-0.25, -0.2) is 0 Å². The molecule has 9 heteroatoms. The Morgan fingerprint density at radius 1 is 1.00 bits per heavy atom. The Hall–Kier alpha value is -2.33. The Balaban J connectivity index is 1.50. The van der Waals surface area contributed by atoms with E-state index in [4.69, 9.17) is 4.74 Å². The summed E-state index contributed by atoms with van der Waals surface area (Å²) in [6.45, 7) is 2.37. The van der Waals surface area contributed by atoms with Crippen LogP contribution in [0.2, 0.25) is 0 Å². The number of rotatable bonds is 4. The normalized spacial score (nSPS) is 18.4. The van der Waals surface area contributed by atoms with E-state index in [0.717, 1.165) is 11.1 Å². The van der Waals surface area contributed by atoms with Crippen LogP contribution in [-0.4, -0.2) is 60.8 Å². The van der Waals surface area contributed by atoms with Crippen molar-refractivity contribution in [2.24, 2.45) is 0 Å². The van der Waals surface area contributed by atoms with E-state index in [0.29, 0.717) is 57.1 Å². The second kappa shape index (κ2) is 7.96.